The first-order chi connectivity index (χ1) is 14.8. The van der Waals surface area contributed by atoms with Gasteiger partial charge in [-0.15, -0.1) is 0 Å². The summed E-state index contributed by atoms with van der Waals surface area (Å²) in [4.78, 5) is 26.5. The van der Waals surface area contributed by atoms with Crippen molar-refractivity contribution in [1.82, 2.24) is 14.9 Å². The van der Waals surface area contributed by atoms with E-state index in [0.717, 1.165) is 18.4 Å². The Bertz CT molecular complexity index is 967. The predicted molar refractivity (Wildman–Crippen MR) is 112 cm³/mol. The maximum Gasteiger partial charge on any atom is 0.241 e. The third-order valence-corrected chi connectivity index (χ3v) is 6.34. The lowest BCUT2D eigenvalue weighted by Gasteiger charge is -2.25. The number of nitrogens with one attached hydrogen (secondary N) is 2. The molecule has 9 nitrogen and oxygen atoms in total. The molecule has 1 fully saturated rings. The molecule has 168 valence electrons. The van der Waals surface area contributed by atoms with E-state index >= 15 is 0 Å². The van der Waals surface area contributed by atoms with Crippen LogP contribution in [0.4, 0.5) is 0 Å². The second-order valence-corrected chi connectivity index (χ2v) is 9.17. The van der Waals surface area contributed by atoms with Crippen LogP contribution in [-0.2, 0) is 30.9 Å². The Balaban J connectivity index is 1.59. The molecule has 1 aliphatic heterocycles. The highest BCUT2D eigenvalue weighted by Crippen LogP contribution is 2.14. The number of aryl methyl sites for hydroxylation is 1. The van der Waals surface area contributed by atoms with Crippen molar-refractivity contribution in [3.05, 3.63) is 54.0 Å². The number of benzene rings is 1. The van der Waals surface area contributed by atoms with Crippen LogP contribution in [0, 0.1) is 6.92 Å². The molecular formula is C21H27N3O6S. The number of hydrogen-bond donors (Lipinski definition) is 2. The largest absolute Gasteiger partial charge is 0.467 e. The third kappa shape index (κ3) is 6.91. The highest BCUT2D eigenvalue weighted by atomic mass is 32.2. The summed E-state index contributed by atoms with van der Waals surface area (Å²) in [6, 6.07) is 9.78. The highest BCUT2D eigenvalue weighted by Gasteiger charge is 2.25. The lowest BCUT2D eigenvalue weighted by Crippen LogP contribution is -2.47. The molecule has 3 rings (SSSR count). The molecule has 1 aromatic carbocycles. The average Bonchev–Trinajstić information content (AvgIpc) is 3.44. The molecule has 10 heteroatoms. The Kier molecular flexibility index (Phi) is 7.83. The smallest absolute Gasteiger partial charge is 0.241 e. The van der Waals surface area contributed by atoms with Gasteiger partial charge in [-0.25, -0.2) is 13.1 Å². The zero-order valence-corrected chi connectivity index (χ0v) is 18.2. The zero-order chi connectivity index (χ0) is 22.3. The normalized spacial score (nSPS) is 16.2. The van der Waals surface area contributed by atoms with E-state index in [1.165, 1.54) is 23.3 Å². The number of sulfonamides is 1. The van der Waals surface area contributed by atoms with E-state index in [1.807, 2.05) is 6.92 Å². The van der Waals surface area contributed by atoms with E-state index < -0.39 is 22.5 Å². The molecule has 31 heavy (non-hydrogen) atoms. The van der Waals surface area contributed by atoms with Gasteiger partial charge in [0.25, 0.3) is 0 Å². The van der Waals surface area contributed by atoms with Crippen molar-refractivity contribution in [2.45, 2.75) is 37.3 Å². The first kappa shape index (κ1) is 23.0. The Labute approximate surface area is 181 Å². The summed E-state index contributed by atoms with van der Waals surface area (Å²) in [7, 11) is -3.84. The van der Waals surface area contributed by atoms with Crippen LogP contribution >= 0.6 is 0 Å². The maximum atomic E-state index is 12.8. The van der Waals surface area contributed by atoms with Crippen LogP contribution in [0.1, 0.15) is 24.2 Å². The van der Waals surface area contributed by atoms with Gasteiger partial charge in [0.2, 0.25) is 21.8 Å². The van der Waals surface area contributed by atoms with Crippen molar-refractivity contribution in [1.29, 1.82) is 0 Å². The molecule has 1 unspecified atom stereocenters. The van der Waals surface area contributed by atoms with Gasteiger partial charge in [0.05, 0.1) is 36.9 Å². The van der Waals surface area contributed by atoms with Gasteiger partial charge in [-0.3, -0.25) is 9.59 Å². The Morgan fingerprint density at radius 1 is 1.19 bits per heavy atom. The maximum absolute atomic E-state index is 12.8. The molecule has 1 saturated heterocycles. The summed E-state index contributed by atoms with van der Waals surface area (Å²) < 4.78 is 38.0. The quantitative estimate of drug-likeness (QED) is 0.563. The topological polar surface area (TPSA) is 118 Å². The van der Waals surface area contributed by atoms with Crippen molar-refractivity contribution >= 4 is 21.8 Å². The Morgan fingerprint density at radius 3 is 2.61 bits per heavy atom. The van der Waals surface area contributed by atoms with Crippen LogP contribution in [-0.4, -0.2) is 57.5 Å². The SMILES string of the molecule is Cc1ccc(S(=O)(=O)NCC(=O)N(CC(=O)NCc2ccco2)CC2CCCO2)cc1. The van der Waals surface area contributed by atoms with Crippen LogP contribution in [0.3, 0.4) is 0 Å². The first-order valence-electron chi connectivity index (χ1n) is 10.1. The van der Waals surface area contributed by atoms with Gasteiger partial charge >= 0.3 is 0 Å². The lowest BCUT2D eigenvalue weighted by atomic mass is 10.2. The van der Waals surface area contributed by atoms with E-state index in [9.17, 15) is 18.0 Å². The van der Waals surface area contributed by atoms with Gasteiger partial charge in [-0.05, 0) is 44.0 Å². The lowest BCUT2D eigenvalue weighted by molar-refractivity contribution is -0.136. The molecule has 1 aliphatic rings. The van der Waals surface area contributed by atoms with Crippen molar-refractivity contribution in [2.24, 2.45) is 0 Å². The monoisotopic (exact) mass is 449 g/mol. The number of nitrogens with zero attached hydrogens (tertiary/aromatic N) is 1. The molecular weight excluding hydrogens is 422 g/mol. The van der Waals surface area contributed by atoms with E-state index in [2.05, 4.69) is 10.0 Å². The van der Waals surface area contributed by atoms with Crippen LogP contribution in [0.25, 0.3) is 0 Å². The predicted octanol–water partition coefficient (Wildman–Crippen LogP) is 1.19. The summed E-state index contributed by atoms with van der Waals surface area (Å²) in [5.74, 6) is -0.278. The molecule has 2 heterocycles. The summed E-state index contributed by atoms with van der Waals surface area (Å²) in [6.07, 6.45) is 3.01. The molecule has 1 atom stereocenters. The van der Waals surface area contributed by atoms with Gasteiger partial charge in [0.15, 0.2) is 0 Å². The van der Waals surface area contributed by atoms with Gasteiger partial charge in [-0.1, -0.05) is 17.7 Å². The molecule has 2 aromatic rings. The van der Waals surface area contributed by atoms with Crippen LogP contribution in [0.5, 0.6) is 0 Å². The summed E-state index contributed by atoms with van der Waals surface area (Å²) >= 11 is 0. The zero-order valence-electron chi connectivity index (χ0n) is 17.4. The Hall–Kier alpha value is -2.69. The Morgan fingerprint density at radius 2 is 1.97 bits per heavy atom. The van der Waals surface area contributed by atoms with E-state index in [0.29, 0.717) is 12.4 Å². The van der Waals surface area contributed by atoms with Crippen molar-refractivity contribution in [3.63, 3.8) is 0 Å². The summed E-state index contributed by atoms with van der Waals surface area (Å²) in [5.41, 5.74) is 0.929. The number of hydrogen-bond acceptors (Lipinski definition) is 6. The van der Waals surface area contributed by atoms with E-state index in [-0.39, 0.29) is 36.5 Å². The van der Waals surface area contributed by atoms with Gasteiger partial charge in [0, 0.05) is 13.2 Å². The molecule has 2 N–H and O–H groups in total. The van der Waals surface area contributed by atoms with Gasteiger partial charge < -0.3 is 19.4 Å². The van der Waals surface area contributed by atoms with Gasteiger partial charge in [0.1, 0.15) is 5.76 Å². The summed E-state index contributed by atoms with van der Waals surface area (Å²) in [6.45, 7) is 2.23. The number of amides is 2. The van der Waals surface area contributed by atoms with E-state index in [1.54, 1.807) is 24.3 Å². The number of rotatable bonds is 10. The second kappa shape index (κ2) is 10.6. The van der Waals surface area contributed by atoms with Gasteiger partial charge in [-0.2, -0.15) is 0 Å². The van der Waals surface area contributed by atoms with Crippen LogP contribution < -0.4 is 10.0 Å². The van der Waals surface area contributed by atoms with Crippen LogP contribution in [0.15, 0.2) is 52.0 Å². The fourth-order valence-corrected chi connectivity index (χ4v) is 4.16. The average molecular weight is 450 g/mol. The molecule has 0 saturated carbocycles. The second-order valence-electron chi connectivity index (χ2n) is 7.40. The molecule has 0 spiro atoms. The highest BCUT2D eigenvalue weighted by molar-refractivity contribution is 7.89. The number of carbonyl (C=O) groups is 2. The third-order valence-electron chi connectivity index (χ3n) is 4.92. The minimum atomic E-state index is -3.84. The molecule has 0 bridgehead atoms. The van der Waals surface area contributed by atoms with Crippen molar-refractivity contribution in [3.8, 4) is 0 Å². The standard InChI is InChI=1S/C21H27N3O6S/c1-16-6-8-19(9-7-16)31(27,28)23-13-21(26)24(14-18-5-3-11-30-18)15-20(25)22-12-17-4-2-10-29-17/h2,4,6-10,18,23H,3,5,11-15H2,1H3,(H,22,25). The fraction of sp³-hybridized carbons (Fsp3) is 0.429. The summed E-state index contributed by atoms with van der Waals surface area (Å²) in [5, 5.41) is 2.69. The van der Waals surface area contributed by atoms with Crippen molar-refractivity contribution in [2.75, 3.05) is 26.2 Å². The number of carbonyl (C=O) groups excluding carboxylic acids is 2. The van der Waals surface area contributed by atoms with Crippen molar-refractivity contribution < 1.29 is 27.2 Å². The molecule has 0 radical (unpaired) electrons. The molecule has 2 amide bonds. The van der Waals surface area contributed by atoms with Crippen LogP contribution in [0.2, 0.25) is 0 Å². The number of ether oxygens (including phenoxy) is 1. The molecule has 1 aromatic heterocycles. The molecule has 0 aliphatic carbocycles. The minimum absolute atomic E-state index is 0.0766. The van der Waals surface area contributed by atoms with E-state index in [4.69, 9.17) is 9.15 Å². The first-order valence-corrected chi connectivity index (χ1v) is 11.6. The minimum Gasteiger partial charge on any atom is -0.467 e. The number of furan rings is 1. The fourth-order valence-electron chi connectivity index (χ4n) is 3.19.